The third kappa shape index (κ3) is 1.73. The average molecular weight is 207 g/mol. The molecule has 1 N–H and O–H groups in total. The third-order valence-electron chi connectivity index (χ3n) is 5.32. The Morgan fingerprint density at radius 3 is 2.00 bits per heavy atom. The van der Waals surface area contributed by atoms with E-state index < -0.39 is 0 Å². The molecule has 4 fully saturated rings. The Bertz CT molecular complexity index is 207. The van der Waals surface area contributed by atoms with Crippen molar-refractivity contribution in [1.82, 2.24) is 5.32 Å². The van der Waals surface area contributed by atoms with E-state index in [-0.39, 0.29) is 0 Å². The highest BCUT2D eigenvalue weighted by molar-refractivity contribution is 5.01. The van der Waals surface area contributed by atoms with E-state index in [1.165, 1.54) is 6.42 Å². The van der Waals surface area contributed by atoms with E-state index in [2.05, 4.69) is 19.2 Å². The van der Waals surface area contributed by atoms with Crippen LogP contribution in [-0.4, -0.2) is 12.1 Å². The summed E-state index contributed by atoms with van der Waals surface area (Å²) >= 11 is 0. The van der Waals surface area contributed by atoms with E-state index in [9.17, 15) is 0 Å². The summed E-state index contributed by atoms with van der Waals surface area (Å²) in [6.07, 6.45) is 9.02. The molecule has 0 spiro atoms. The number of nitrogens with one attached hydrogen (secondary N) is 1. The van der Waals surface area contributed by atoms with E-state index in [1.54, 1.807) is 32.1 Å². The second kappa shape index (κ2) is 3.76. The normalized spacial score (nSPS) is 49.6. The SMILES string of the molecule is CCC(C)NC1C2CC3CC(C2)CC1C3. The van der Waals surface area contributed by atoms with Crippen LogP contribution in [-0.2, 0) is 0 Å². The van der Waals surface area contributed by atoms with Gasteiger partial charge in [0.25, 0.3) is 0 Å². The van der Waals surface area contributed by atoms with Crippen molar-refractivity contribution >= 4 is 0 Å². The highest BCUT2D eigenvalue weighted by atomic mass is 15.0. The first-order valence-corrected chi connectivity index (χ1v) is 7.02. The summed E-state index contributed by atoms with van der Waals surface area (Å²) in [5.74, 6) is 4.30. The predicted molar refractivity (Wildman–Crippen MR) is 63.7 cm³/mol. The molecule has 4 bridgehead atoms. The summed E-state index contributed by atoms with van der Waals surface area (Å²) in [6.45, 7) is 4.65. The lowest BCUT2D eigenvalue weighted by Crippen LogP contribution is -2.56. The summed E-state index contributed by atoms with van der Waals surface area (Å²) < 4.78 is 0. The number of hydrogen-bond acceptors (Lipinski definition) is 1. The zero-order valence-electron chi connectivity index (χ0n) is 10.2. The minimum absolute atomic E-state index is 0.729. The second-order valence-corrected chi connectivity index (χ2v) is 6.43. The molecule has 0 aliphatic heterocycles. The van der Waals surface area contributed by atoms with Crippen LogP contribution in [0.5, 0.6) is 0 Å². The zero-order valence-corrected chi connectivity index (χ0v) is 10.2. The second-order valence-electron chi connectivity index (χ2n) is 6.43. The molecule has 0 aromatic carbocycles. The van der Waals surface area contributed by atoms with E-state index in [4.69, 9.17) is 0 Å². The van der Waals surface area contributed by atoms with Gasteiger partial charge in [0.1, 0.15) is 0 Å². The molecule has 0 amide bonds. The predicted octanol–water partition coefficient (Wildman–Crippen LogP) is 3.20. The van der Waals surface area contributed by atoms with E-state index in [1.807, 2.05) is 0 Å². The Labute approximate surface area is 94.0 Å². The third-order valence-corrected chi connectivity index (χ3v) is 5.32. The van der Waals surface area contributed by atoms with Crippen molar-refractivity contribution in [3.05, 3.63) is 0 Å². The molecule has 4 rings (SSSR count). The summed E-state index contributed by atoms with van der Waals surface area (Å²) in [7, 11) is 0. The van der Waals surface area contributed by atoms with Crippen molar-refractivity contribution in [2.24, 2.45) is 23.7 Å². The van der Waals surface area contributed by atoms with Gasteiger partial charge >= 0.3 is 0 Å². The summed E-state index contributed by atoms with van der Waals surface area (Å²) in [5.41, 5.74) is 0. The van der Waals surface area contributed by atoms with Gasteiger partial charge in [-0.15, -0.1) is 0 Å². The van der Waals surface area contributed by atoms with Crippen LogP contribution in [0.1, 0.15) is 52.4 Å². The molecule has 0 radical (unpaired) electrons. The van der Waals surface area contributed by atoms with Crippen LogP contribution < -0.4 is 5.32 Å². The van der Waals surface area contributed by atoms with Crippen LogP contribution in [0.4, 0.5) is 0 Å². The molecule has 0 aromatic heterocycles. The molecule has 0 heterocycles. The molecule has 1 unspecified atom stereocenters. The van der Waals surface area contributed by atoms with Gasteiger partial charge < -0.3 is 5.32 Å². The van der Waals surface area contributed by atoms with Crippen LogP contribution in [0.3, 0.4) is 0 Å². The number of hydrogen-bond donors (Lipinski definition) is 1. The molecular weight excluding hydrogens is 182 g/mol. The highest BCUT2D eigenvalue weighted by Crippen LogP contribution is 2.53. The maximum Gasteiger partial charge on any atom is 0.0126 e. The summed E-state index contributed by atoms with van der Waals surface area (Å²) in [5, 5.41) is 3.91. The average Bonchev–Trinajstić information content (AvgIpc) is 2.22. The Kier molecular flexibility index (Phi) is 2.54. The van der Waals surface area contributed by atoms with Crippen LogP contribution >= 0.6 is 0 Å². The lowest BCUT2D eigenvalue weighted by atomic mass is 9.54. The van der Waals surface area contributed by atoms with Crippen molar-refractivity contribution in [1.29, 1.82) is 0 Å². The smallest absolute Gasteiger partial charge is 0.0126 e. The van der Waals surface area contributed by atoms with Crippen LogP contribution in [0, 0.1) is 23.7 Å². The van der Waals surface area contributed by atoms with Crippen LogP contribution in [0.2, 0.25) is 0 Å². The summed E-state index contributed by atoms with van der Waals surface area (Å²) in [4.78, 5) is 0. The molecule has 4 aliphatic rings. The fourth-order valence-electron chi connectivity index (χ4n) is 4.64. The molecule has 86 valence electrons. The van der Waals surface area contributed by atoms with Crippen LogP contribution in [0.25, 0.3) is 0 Å². The van der Waals surface area contributed by atoms with Crippen molar-refractivity contribution in [2.75, 3.05) is 0 Å². The lowest BCUT2D eigenvalue weighted by Gasteiger charge is -2.55. The molecule has 15 heavy (non-hydrogen) atoms. The molecule has 1 heteroatoms. The van der Waals surface area contributed by atoms with Gasteiger partial charge in [-0.2, -0.15) is 0 Å². The Balaban J connectivity index is 1.69. The Hall–Kier alpha value is -0.0400. The number of rotatable bonds is 3. The molecule has 4 saturated carbocycles. The maximum absolute atomic E-state index is 3.91. The van der Waals surface area contributed by atoms with Gasteiger partial charge in [0.15, 0.2) is 0 Å². The first-order valence-electron chi connectivity index (χ1n) is 7.02. The van der Waals surface area contributed by atoms with Crippen LogP contribution in [0.15, 0.2) is 0 Å². The van der Waals surface area contributed by atoms with Gasteiger partial charge in [0.2, 0.25) is 0 Å². The maximum atomic E-state index is 3.91. The monoisotopic (exact) mass is 207 g/mol. The van der Waals surface area contributed by atoms with E-state index in [0.717, 1.165) is 35.8 Å². The topological polar surface area (TPSA) is 12.0 Å². The van der Waals surface area contributed by atoms with Gasteiger partial charge in [0.05, 0.1) is 0 Å². The molecule has 0 saturated heterocycles. The van der Waals surface area contributed by atoms with E-state index in [0.29, 0.717) is 0 Å². The standard InChI is InChI=1S/C14H25N/c1-3-9(2)15-14-12-5-10-4-11(7-12)8-13(14)6-10/h9-15H,3-8H2,1-2H3. The fourth-order valence-corrected chi connectivity index (χ4v) is 4.64. The molecule has 1 atom stereocenters. The molecule has 4 aliphatic carbocycles. The molecule has 1 nitrogen and oxygen atoms in total. The van der Waals surface area contributed by atoms with Crippen molar-refractivity contribution in [3.8, 4) is 0 Å². The molecule has 0 aromatic rings. The van der Waals surface area contributed by atoms with E-state index >= 15 is 0 Å². The van der Waals surface area contributed by atoms with Gasteiger partial charge in [-0.25, -0.2) is 0 Å². The first-order chi connectivity index (χ1) is 7.26. The molecular formula is C14H25N. The van der Waals surface area contributed by atoms with Gasteiger partial charge in [-0.1, -0.05) is 6.92 Å². The Morgan fingerprint density at radius 2 is 1.53 bits per heavy atom. The first kappa shape index (κ1) is 10.1. The van der Waals surface area contributed by atoms with Crippen molar-refractivity contribution < 1.29 is 0 Å². The minimum atomic E-state index is 0.729. The van der Waals surface area contributed by atoms with Gasteiger partial charge in [-0.3, -0.25) is 0 Å². The van der Waals surface area contributed by atoms with Crippen molar-refractivity contribution in [2.45, 2.75) is 64.5 Å². The van der Waals surface area contributed by atoms with Gasteiger partial charge in [-0.05, 0) is 69.1 Å². The van der Waals surface area contributed by atoms with Crippen molar-refractivity contribution in [3.63, 3.8) is 0 Å². The summed E-state index contributed by atoms with van der Waals surface area (Å²) in [6, 6.07) is 1.61. The Morgan fingerprint density at radius 1 is 1.00 bits per heavy atom. The highest BCUT2D eigenvalue weighted by Gasteiger charge is 2.48. The minimum Gasteiger partial charge on any atom is -0.311 e. The fraction of sp³-hybridized carbons (Fsp3) is 1.00. The largest absolute Gasteiger partial charge is 0.311 e. The quantitative estimate of drug-likeness (QED) is 0.749. The van der Waals surface area contributed by atoms with Gasteiger partial charge in [0, 0.05) is 12.1 Å². The lowest BCUT2D eigenvalue weighted by molar-refractivity contribution is -0.0171. The zero-order chi connectivity index (χ0) is 10.4.